The Labute approximate surface area is 194 Å². The highest BCUT2D eigenvalue weighted by Crippen LogP contribution is 2.40. The first-order valence-corrected chi connectivity index (χ1v) is 10.7. The molecule has 0 unspecified atom stereocenters. The number of rotatable bonds is 5. The molecular weight excluding hydrogens is 449 g/mol. The van der Waals surface area contributed by atoms with Gasteiger partial charge in [-0.2, -0.15) is 0 Å². The molecule has 8 heteroatoms. The van der Waals surface area contributed by atoms with Gasteiger partial charge in [-0.25, -0.2) is 0 Å². The lowest BCUT2D eigenvalue weighted by Gasteiger charge is -2.19. The Hall–Kier alpha value is -3.22. The lowest BCUT2D eigenvalue weighted by Crippen LogP contribution is -2.15. The van der Waals surface area contributed by atoms with Crippen LogP contribution in [0.1, 0.15) is 5.56 Å². The van der Waals surface area contributed by atoms with Crippen LogP contribution in [0.15, 0.2) is 58.0 Å². The first-order valence-electron chi connectivity index (χ1n) is 9.97. The second-order valence-electron chi connectivity index (χ2n) is 7.09. The minimum Gasteiger partial charge on any atom is -0.486 e. The van der Waals surface area contributed by atoms with E-state index in [-0.39, 0.29) is 0 Å². The standard InChI is InChI=1S/C24H18Cl2N3O3/c1-2-27-13-15-10-17-21(12-18(15)25)32-29-24(17)28-19-5-3-4-16(23(19)26)14-6-7-20-22(11-14)31-9-8-30-20/h3-7,10-13H,1-2,8-9H2,(H,28,29). The van der Waals surface area contributed by atoms with Crippen LogP contribution in [0.3, 0.4) is 0 Å². The van der Waals surface area contributed by atoms with Gasteiger partial charge < -0.3 is 19.3 Å². The molecule has 1 radical (unpaired) electrons. The summed E-state index contributed by atoms with van der Waals surface area (Å²) in [4.78, 5) is 4.17. The van der Waals surface area contributed by atoms with Gasteiger partial charge in [-0.15, -0.1) is 0 Å². The number of hydrogen-bond donors (Lipinski definition) is 1. The quantitative estimate of drug-likeness (QED) is 0.336. The Bertz CT molecular complexity index is 1330. The van der Waals surface area contributed by atoms with E-state index in [9.17, 15) is 0 Å². The lowest BCUT2D eigenvalue weighted by atomic mass is 10.0. The maximum absolute atomic E-state index is 6.78. The van der Waals surface area contributed by atoms with Gasteiger partial charge in [-0.3, -0.25) is 4.99 Å². The maximum Gasteiger partial charge on any atom is 0.181 e. The molecule has 0 atom stereocenters. The van der Waals surface area contributed by atoms with Gasteiger partial charge in [0.05, 0.1) is 21.1 Å². The van der Waals surface area contributed by atoms with Crippen LogP contribution in [0.2, 0.25) is 10.0 Å². The summed E-state index contributed by atoms with van der Waals surface area (Å²) in [5.41, 5.74) is 3.78. The van der Waals surface area contributed by atoms with Crippen molar-refractivity contribution in [1.29, 1.82) is 0 Å². The molecule has 3 aromatic carbocycles. The molecule has 0 fully saturated rings. The molecule has 32 heavy (non-hydrogen) atoms. The smallest absolute Gasteiger partial charge is 0.181 e. The Morgan fingerprint density at radius 1 is 1.06 bits per heavy atom. The fraction of sp³-hybridized carbons (Fsp3) is 0.125. The molecule has 0 bridgehead atoms. The molecule has 5 rings (SSSR count). The molecule has 1 aromatic heterocycles. The number of aliphatic imine (C=N–C) groups is 1. The summed E-state index contributed by atoms with van der Waals surface area (Å²) < 4.78 is 16.8. The number of ether oxygens (including phenoxy) is 2. The van der Waals surface area contributed by atoms with Gasteiger partial charge in [0.2, 0.25) is 0 Å². The van der Waals surface area contributed by atoms with E-state index in [1.165, 1.54) is 0 Å². The second kappa shape index (κ2) is 8.73. The Kier molecular flexibility index (Phi) is 5.64. The summed E-state index contributed by atoms with van der Waals surface area (Å²) in [6, 6.07) is 15.1. The Morgan fingerprint density at radius 3 is 2.75 bits per heavy atom. The maximum atomic E-state index is 6.78. The Morgan fingerprint density at radius 2 is 1.91 bits per heavy atom. The number of nitrogens with zero attached hydrogens (tertiary/aromatic N) is 2. The first kappa shape index (κ1) is 20.7. The van der Waals surface area contributed by atoms with E-state index >= 15 is 0 Å². The molecule has 4 aromatic rings. The van der Waals surface area contributed by atoms with E-state index in [1.54, 1.807) is 12.3 Å². The Balaban J connectivity index is 1.50. The van der Waals surface area contributed by atoms with Crippen LogP contribution in [0.5, 0.6) is 11.5 Å². The zero-order valence-corrected chi connectivity index (χ0v) is 18.4. The molecule has 0 saturated carbocycles. The molecule has 1 N–H and O–H groups in total. The molecule has 161 valence electrons. The van der Waals surface area contributed by atoms with Gasteiger partial charge in [0.1, 0.15) is 13.2 Å². The number of hydrogen-bond acceptors (Lipinski definition) is 6. The molecule has 1 aliphatic heterocycles. The van der Waals surface area contributed by atoms with E-state index in [0.29, 0.717) is 52.6 Å². The van der Waals surface area contributed by atoms with Crippen molar-refractivity contribution in [3.05, 3.63) is 71.1 Å². The molecular formula is C24H18Cl2N3O3. The number of nitrogens with one attached hydrogen (secondary N) is 1. The predicted molar refractivity (Wildman–Crippen MR) is 128 cm³/mol. The normalized spacial score (nSPS) is 13.1. The number of anilines is 2. The zero-order chi connectivity index (χ0) is 22.1. The average molecular weight is 467 g/mol. The zero-order valence-electron chi connectivity index (χ0n) is 16.9. The fourth-order valence-corrected chi connectivity index (χ4v) is 4.00. The van der Waals surface area contributed by atoms with Crippen molar-refractivity contribution in [3.8, 4) is 22.6 Å². The van der Waals surface area contributed by atoms with Crippen LogP contribution >= 0.6 is 23.2 Å². The van der Waals surface area contributed by atoms with E-state index < -0.39 is 0 Å². The summed E-state index contributed by atoms with van der Waals surface area (Å²) in [6.45, 7) is 5.20. The monoisotopic (exact) mass is 466 g/mol. The number of benzene rings is 3. The van der Waals surface area contributed by atoms with Gasteiger partial charge in [0, 0.05) is 30.0 Å². The molecule has 0 saturated heterocycles. The highest BCUT2D eigenvalue weighted by atomic mass is 35.5. The fourth-order valence-electron chi connectivity index (χ4n) is 3.52. The summed E-state index contributed by atoms with van der Waals surface area (Å²) in [5.74, 6) is 1.97. The van der Waals surface area contributed by atoms with E-state index in [4.69, 9.17) is 37.2 Å². The van der Waals surface area contributed by atoms with Crippen molar-refractivity contribution in [2.24, 2.45) is 4.99 Å². The molecule has 0 amide bonds. The highest BCUT2D eigenvalue weighted by molar-refractivity contribution is 6.36. The third-order valence-corrected chi connectivity index (χ3v) is 5.79. The highest BCUT2D eigenvalue weighted by Gasteiger charge is 2.17. The minimum atomic E-state index is 0.422. The second-order valence-corrected chi connectivity index (χ2v) is 7.87. The van der Waals surface area contributed by atoms with E-state index in [2.05, 4.69) is 22.4 Å². The summed E-state index contributed by atoms with van der Waals surface area (Å²) in [6.07, 6.45) is 1.68. The van der Waals surface area contributed by atoms with Gasteiger partial charge in [0.15, 0.2) is 22.9 Å². The SMILES string of the molecule is [CH2]CN=Cc1cc2c(Nc3cccc(-c4ccc5c(c4)OCCO5)c3Cl)noc2cc1Cl. The summed E-state index contributed by atoms with van der Waals surface area (Å²) in [5, 5.41) is 9.27. The van der Waals surface area contributed by atoms with Crippen molar-refractivity contribution < 1.29 is 14.0 Å². The summed E-state index contributed by atoms with van der Waals surface area (Å²) >= 11 is 13.1. The van der Waals surface area contributed by atoms with E-state index in [1.807, 2.05) is 42.5 Å². The number of aromatic nitrogens is 1. The third-order valence-electron chi connectivity index (χ3n) is 5.05. The van der Waals surface area contributed by atoms with Gasteiger partial charge >= 0.3 is 0 Å². The van der Waals surface area contributed by atoms with Gasteiger partial charge in [0.25, 0.3) is 0 Å². The third kappa shape index (κ3) is 3.87. The van der Waals surface area contributed by atoms with Crippen molar-refractivity contribution in [1.82, 2.24) is 5.16 Å². The van der Waals surface area contributed by atoms with Crippen molar-refractivity contribution in [2.45, 2.75) is 0 Å². The van der Waals surface area contributed by atoms with Crippen LogP contribution < -0.4 is 14.8 Å². The van der Waals surface area contributed by atoms with Crippen molar-refractivity contribution in [2.75, 3.05) is 25.1 Å². The molecule has 6 nitrogen and oxygen atoms in total. The first-order chi connectivity index (χ1) is 15.6. The van der Waals surface area contributed by atoms with Crippen molar-refractivity contribution >= 4 is 51.9 Å². The number of halogens is 2. The van der Waals surface area contributed by atoms with Crippen LogP contribution in [-0.4, -0.2) is 31.1 Å². The van der Waals surface area contributed by atoms with Crippen molar-refractivity contribution in [3.63, 3.8) is 0 Å². The molecule has 1 aliphatic rings. The largest absolute Gasteiger partial charge is 0.486 e. The van der Waals surface area contributed by atoms with Crippen LogP contribution in [0, 0.1) is 6.92 Å². The molecule has 2 heterocycles. The molecule has 0 aliphatic carbocycles. The van der Waals surface area contributed by atoms with Gasteiger partial charge in [-0.1, -0.05) is 46.6 Å². The lowest BCUT2D eigenvalue weighted by molar-refractivity contribution is 0.171. The van der Waals surface area contributed by atoms with E-state index in [0.717, 1.165) is 27.8 Å². The predicted octanol–water partition coefficient (Wildman–Crippen LogP) is 6.57. The molecule has 0 spiro atoms. The van der Waals surface area contributed by atoms with Crippen LogP contribution in [0.25, 0.3) is 22.1 Å². The summed E-state index contributed by atoms with van der Waals surface area (Å²) in [7, 11) is 0. The minimum absolute atomic E-state index is 0.422. The van der Waals surface area contributed by atoms with Gasteiger partial charge in [-0.05, 0) is 36.8 Å². The topological polar surface area (TPSA) is 68.9 Å². The number of fused-ring (bicyclic) bond motifs is 2. The van der Waals surface area contributed by atoms with Crippen LogP contribution in [0.4, 0.5) is 11.5 Å². The van der Waals surface area contributed by atoms with Crippen LogP contribution in [-0.2, 0) is 0 Å². The average Bonchev–Trinajstić information content (AvgIpc) is 3.19.